The molecule has 19 heavy (non-hydrogen) atoms. The molecule has 1 rings (SSSR count). The first-order chi connectivity index (χ1) is 8.84. The van der Waals surface area contributed by atoms with E-state index in [0.717, 1.165) is 6.42 Å². The van der Waals surface area contributed by atoms with E-state index in [-0.39, 0.29) is 11.5 Å². The minimum atomic E-state index is -3.06. The van der Waals surface area contributed by atoms with Crippen LogP contribution in [0.1, 0.15) is 32.6 Å². The first-order valence-corrected chi connectivity index (χ1v) is 8.16. The molecule has 1 heterocycles. The molecule has 0 aromatic rings. The van der Waals surface area contributed by atoms with Crippen LogP contribution in [0.4, 0.5) is 4.79 Å². The Kier molecular flexibility index (Phi) is 5.59. The third-order valence-corrected chi connectivity index (χ3v) is 4.79. The van der Waals surface area contributed by atoms with Crippen LogP contribution in [0.15, 0.2) is 0 Å². The van der Waals surface area contributed by atoms with E-state index >= 15 is 0 Å². The van der Waals surface area contributed by atoms with Crippen LogP contribution >= 0.6 is 0 Å². The number of hydrogen-bond acceptors (Lipinski definition) is 4. The fourth-order valence-electron chi connectivity index (χ4n) is 1.96. The summed E-state index contributed by atoms with van der Waals surface area (Å²) in [6, 6.07) is -1.98. The van der Waals surface area contributed by atoms with Gasteiger partial charge in [-0.15, -0.1) is 0 Å². The van der Waals surface area contributed by atoms with Crippen molar-refractivity contribution >= 4 is 21.8 Å². The number of urea groups is 1. The number of carboxylic acid groups (broad SMARTS) is 1. The zero-order chi connectivity index (χ0) is 14.5. The van der Waals surface area contributed by atoms with Crippen molar-refractivity contribution in [3.63, 3.8) is 0 Å². The Hall–Kier alpha value is -1.31. The van der Waals surface area contributed by atoms with E-state index in [4.69, 9.17) is 5.11 Å². The van der Waals surface area contributed by atoms with Crippen molar-refractivity contribution in [1.29, 1.82) is 0 Å². The van der Waals surface area contributed by atoms with Gasteiger partial charge in [0.05, 0.1) is 11.5 Å². The molecule has 2 amide bonds. The lowest BCUT2D eigenvalue weighted by molar-refractivity contribution is -0.139. The van der Waals surface area contributed by atoms with Gasteiger partial charge in [0, 0.05) is 6.04 Å². The predicted molar refractivity (Wildman–Crippen MR) is 69.7 cm³/mol. The SMILES string of the molecule is CCCCC(NC(=O)NC1CCS(=O)(=O)C1)C(=O)O. The van der Waals surface area contributed by atoms with Crippen molar-refractivity contribution in [3.05, 3.63) is 0 Å². The first-order valence-electron chi connectivity index (χ1n) is 6.34. The molecule has 1 saturated heterocycles. The average Bonchev–Trinajstić information content (AvgIpc) is 2.63. The molecule has 0 aromatic carbocycles. The largest absolute Gasteiger partial charge is 0.480 e. The number of carbonyl (C=O) groups is 2. The highest BCUT2D eigenvalue weighted by molar-refractivity contribution is 7.91. The van der Waals surface area contributed by atoms with Crippen LogP contribution in [0, 0.1) is 0 Å². The second kappa shape index (κ2) is 6.74. The van der Waals surface area contributed by atoms with Crippen molar-refractivity contribution < 1.29 is 23.1 Å². The molecule has 0 spiro atoms. The van der Waals surface area contributed by atoms with Crippen molar-refractivity contribution in [2.24, 2.45) is 0 Å². The van der Waals surface area contributed by atoms with Crippen LogP contribution in [-0.2, 0) is 14.6 Å². The fraction of sp³-hybridized carbons (Fsp3) is 0.818. The number of hydrogen-bond donors (Lipinski definition) is 3. The van der Waals surface area contributed by atoms with Gasteiger partial charge in [-0.1, -0.05) is 19.8 Å². The number of carboxylic acids is 1. The summed E-state index contributed by atoms with van der Waals surface area (Å²) in [7, 11) is -3.06. The summed E-state index contributed by atoms with van der Waals surface area (Å²) in [4.78, 5) is 22.6. The van der Waals surface area contributed by atoms with Gasteiger partial charge < -0.3 is 15.7 Å². The van der Waals surface area contributed by atoms with Crippen LogP contribution in [0.5, 0.6) is 0 Å². The van der Waals surface area contributed by atoms with E-state index in [1.807, 2.05) is 6.92 Å². The maximum absolute atomic E-state index is 11.6. The molecule has 2 atom stereocenters. The summed E-state index contributed by atoms with van der Waals surface area (Å²) in [6.07, 6.45) is 2.29. The first kappa shape index (κ1) is 15.7. The number of unbranched alkanes of at least 4 members (excludes halogenated alkanes) is 1. The lowest BCUT2D eigenvalue weighted by atomic mass is 10.1. The van der Waals surface area contributed by atoms with Crippen molar-refractivity contribution in [1.82, 2.24) is 10.6 Å². The number of nitrogens with one attached hydrogen (secondary N) is 2. The molecule has 0 aromatic heterocycles. The molecule has 7 nitrogen and oxygen atoms in total. The van der Waals surface area contributed by atoms with Gasteiger partial charge in [0.25, 0.3) is 0 Å². The van der Waals surface area contributed by atoms with E-state index in [2.05, 4.69) is 10.6 Å². The van der Waals surface area contributed by atoms with Crippen LogP contribution in [-0.4, -0.2) is 49.1 Å². The van der Waals surface area contributed by atoms with Crippen molar-refractivity contribution in [2.45, 2.75) is 44.7 Å². The van der Waals surface area contributed by atoms with Crippen molar-refractivity contribution in [2.75, 3.05) is 11.5 Å². The van der Waals surface area contributed by atoms with Crippen LogP contribution in [0.3, 0.4) is 0 Å². The molecule has 0 radical (unpaired) electrons. The molecule has 0 bridgehead atoms. The minimum Gasteiger partial charge on any atom is -0.480 e. The zero-order valence-corrected chi connectivity index (χ0v) is 11.7. The van der Waals surface area contributed by atoms with E-state index in [9.17, 15) is 18.0 Å². The van der Waals surface area contributed by atoms with Gasteiger partial charge in [-0.25, -0.2) is 18.0 Å². The van der Waals surface area contributed by atoms with Gasteiger partial charge in [0.15, 0.2) is 9.84 Å². The Morgan fingerprint density at radius 1 is 1.42 bits per heavy atom. The average molecular weight is 292 g/mol. The quantitative estimate of drug-likeness (QED) is 0.643. The maximum Gasteiger partial charge on any atom is 0.326 e. The predicted octanol–water partition coefficient (Wildman–Crippen LogP) is 0.116. The van der Waals surface area contributed by atoms with E-state index < -0.39 is 33.9 Å². The third kappa shape index (κ3) is 5.46. The van der Waals surface area contributed by atoms with Gasteiger partial charge in [-0.05, 0) is 12.8 Å². The summed E-state index contributed by atoms with van der Waals surface area (Å²) in [5.74, 6) is -1.09. The smallest absolute Gasteiger partial charge is 0.326 e. The second-order valence-corrected chi connectivity index (χ2v) is 6.98. The fourth-order valence-corrected chi connectivity index (χ4v) is 3.63. The van der Waals surface area contributed by atoms with Crippen LogP contribution in [0.2, 0.25) is 0 Å². The number of carbonyl (C=O) groups excluding carboxylic acids is 1. The summed E-state index contributed by atoms with van der Waals surface area (Å²) in [5, 5.41) is 13.8. The van der Waals surface area contributed by atoms with E-state index in [1.54, 1.807) is 0 Å². The van der Waals surface area contributed by atoms with Gasteiger partial charge in [-0.3, -0.25) is 0 Å². The molecule has 2 unspecified atom stereocenters. The Labute approximate surface area is 112 Å². The zero-order valence-electron chi connectivity index (χ0n) is 10.9. The molecule has 110 valence electrons. The molecule has 3 N–H and O–H groups in total. The topological polar surface area (TPSA) is 113 Å². The minimum absolute atomic E-state index is 0.0656. The van der Waals surface area contributed by atoms with Gasteiger partial charge in [-0.2, -0.15) is 0 Å². The molecule has 0 aliphatic carbocycles. The number of rotatable bonds is 6. The summed E-state index contributed by atoms with van der Waals surface area (Å²) in [6.45, 7) is 1.93. The molecule has 8 heteroatoms. The molecule has 1 fully saturated rings. The molecule has 1 aliphatic heterocycles. The summed E-state index contributed by atoms with van der Waals surface area (Å²) < 4.78 is 22.5. The van der Waals surface area contributed by atoms with Gasteiger partial charge in [0.1, 0.15) is 6.04 Å². The standard InChI is InChI=1S/C11H20N2O5S/c1-2-3-4-9(10(14)15)13-11(16)12-8-5-6-19(17,18)7-8/h8-9H,2-7H2,1H3,(H,14,15)(H2,12,13,16). The lowest BCUT2D eigenvalue weighted by Crippen LogP contribution is -2.49. The number of aliphatic carboxylic acids is 1. The maximum atomic E-state index is 11.6. The monoisotopic (exact) mass is 292 g/mol. The Balaban J connectivity index is 2.42. The Bertz CT molecular complexity index is 434. The van der Waals surface area contributed by atoms with Crippen LogP contribution < -0.4 is 10.6 Å². The summed E-state index contributed by atoms with van der Waals surface area (Å²) in [5.41, 5.74) is 0. The molecule has 1 aliphatic rings. The van der Waals surface area contributed by atoms with Crippen LogP contribution in [0.25, 0.3) is 0 Å². The van der Waals surface area contributed by atoms with Gasteiger partial charge >= 0.3 is 12.0 Å². The highest BCUT2D eigenvalue weighted by atomic mass is 32.2. The van der Waals surface area contributed by atoms with E-state index in [1.165, 1.54) is 0 Å². The van der Waals surface area contributed by atoms with E-state index in [0.29, 0.717) is 19.3 Å². The summed E-state index contributed by atoms with van der Waals surface area (Å²) >= 11 is 0. The number of amides is 2. The van der Waals surface area contributed by atoms with Crippen molar-refractivity contribution in [3.8, 4) is 0 Å². The second-order valence-electron chi connectivity index (χ2n) is 4.75. The lowest BCUT2D eigenvalue weighted by Gasteiger charge is -2.17. The van der Waals surface area contributed by atoms with Gasteiger partial charge in [0.2, 0.25) is 0 Å². The molecule has 0 saturated carbocycles. The highest BCUT2D eigenvalue weighted by Gasteiger charge is 2.29. The molecular formula is C11H20N2O5S. The Morgan fingerprint density at radius 2 is 2.11 bits per heavy atom. The molecular weight excluding hydrogens is 272 g/mol. The third-order valence-electron chi connectivity index (χ3n) is 3.02. The number of sulfone groups is 1. The Morgan fingerprint density at radius 3 is 2.58 bits per heavy atom. The normalized spacial score (nSPS) is 22.7. The highest BCUT2D eigenvalue weighted by Crippen LogP contribution is 2.11.